The minimum atomic E-state index is 0.188. The maximum Gasteiger partial charge on any atom is 0.0981 e. The molecular weight excluding hydrogens is 192 g/mol. The molecule has 0 fully saturated rings. The Balaban J connectivity index is 2.51. The Kier molecular flexibility index (Phi) is 4.08. The van der Waals surface area contributed by atoms with E-state index in [-0.39, 0.29) is 5.41 Å². The van der Waals surface area contributed by atoms with E-state index in [0.717, 1.165) is 13.1 Å². The fourth-order valence-corrected chi connectivity index (χ4v) is 2.06. The summed E-state index contributed by atoms with van der Waals surface area (Å²) in [6.45, 7) is 10.8. The topological polar surface area (TPSA) is 24.9 Å². The first-order chi connectivity index (χ1) is 6.54. The van der Waals surface area contributed by atoms with Crippen LogP contribution >= 0.6 is 11.3 Å². The molecule has 1 aromatic rings. The zero-order valence-corrected chi connectivity index (χ0v) is 10.4. The SMILES string of the molecule is CCCNCc1cnc(C(C)(C)C)s1. The minimum Gasteiger partial charge on any atom is -0.312 e. The molecule has 0 unspecified atom stereocenters. The largest absolute Gasteiger partial charge is 0.312 e. The van der Waals surface area contributed by atoms with Crippen LogP contribution in [0.2, 0.25) is 0 Å². The van der Waals surface area contributed by atoms with Crippen molar-refractivity contribution in [2.75, 3.05) is 6.54 Å². The zero-order valence-electron chi connectivity index (χ0n) is 9.55. The van der Waals surface area contributed by atoms with Gasteiger partial charge >= 0.3 is 0 Å². The molecule has 1 N–H and O–H groups in total. The number of hydrogen-bond acceptors (Lipinski definition) is 3. The van der Waals surface area contributed by atoms with Crippen LogP contribution in [0, 0.1) is 0 Å². The van der Waals surface area contributed by atoms with Gasteiger partial charge in [0.15, 0.2) is 0 Å². The summed E-state index contributed by atoms with van der Waals surface area (Å²) in [5.74, 6) is 0. The number of hydrogen-bond donors (Lipinski definition) is 1. The molecule has 0 atom stereocenters. The number of thiazole rings is 1. The molecule has 0 spiro atoms. The quantitative estimate of drug-likeness (QED) is 0.776. The molecule has 0 aromatic carbocycles. The molecule has 0 radical (unpaired) electrons. The molecule has 2 nitrogen and oxygen atoms in total. The fourth-order valence-electron chi connectivity index (χ4n) is 1.12. The summed E-state index contributed by atoms with van der Waals surface area (Å²) < 4.78 is 0. The lowest BCUT2D eigenvalue weighted by Crippen LogP contribution is -2.12. The Labute approximate surface area is 90.8 Å². The first-order valence-corrected chi connectivity index (χ1v) is 6.01. The number of rotatable bonds is 4. The van der Waals surface area contributed by atoms with Crippen molar-refractivity contribution in [1.82, 2.24) is 10.3 Å². The molecule has 3 heteroatoms. The van der Waals surface area contributed by atoms with Crippen molar-refractivity contribution in [3.05, 3.63) is 16.1 Å². The van der Waals surface area contributed by atoms with Crippen molar-refractivity contribution in [1.29, 1.82) is 0 Å². The Hall–Kier alpha value is -0.410. The van der Waals surface area contributed by atoms with Crippen LogP contribution in [-0.4, -0.2) is 11.5 Å². The molecule has 0 aliphatic heterocycles. The van der Waals surface area contributed by atoms with E-state index in [2.05, 4.69) is 38.0 Å². The van der Waals surface area contributed by atoms with E-state index in [4.69, 9.17) is 0 Å². The van der Waals surface area contributed by atoms with Gasteiger partial charge in [-0.3, -0.25) is 0 Å². The normalized spacial score (nSPS) is 12.0. The van der Waals surface area contributed by atoms with Gasteiger partial charge in [-0.1, -0.05) is 27.7 Å². The van der Waals surface area contributed by atoms with Gasteiger partial charge in [-0.25, -0.2) is 4.98 Å². The molecule has 14 heavy (non-hydrogen) atoms. The zero-order chi connectivity index (χ0) is 10.6. The number of nitrogens with zero attached hydrogens (tertiary/aromatic N) is 1. The first-order valence-electron chi connectivity index (χ1n) is 5.20. The molecule has 1 rings (SSSR count). The average Bonchev–Trinajstić information content (AvgIpc) is 2.52. The van der Waals surface area contributed by atoms with Crippen LogP contribution in [0.1, 0.15) is 44.0 Å². The predicted octanol–water partition coefficient (Wildman–Crippen LogP) is 2.94. The molecular formula is C11H20N2S. The summed E-state index contributed by atoms with van der Waals surface area (Å²) in [5, 5.41) is 4.61. The third-order valence-corrected chi connectivity index (χ3v) is 3.34. The summed E-state index contributed by atoms with van der Waals surface area (Å²) in [6.07, 6.45) is 3.18. The lowest BCUT2D eigenvalue weighted by molar-refractivity contribution is 0.585. The van der Waals surface area contributed by atoms with E-state index in [1.807, 2.05) is 17.5 Å². The Morgan fingerprint density at radius 1 is 1.43 bits per heavy atom. The van der Waals surface area contributed by atoms with Gasteiger partial charge in [0, 0.05) is 23.0 Å². The van der Waals surface area contributed by atoms with Crippen molar-refractivity contribution in [2.24, 2.45) is 0 Å². The van der Waals surface area contributed by atoms with Crippen LogP contribution in [0.5, 0.6) is 0 Å². The van der Waals surface area contributed by atoms with E-state index < -0.39 is 0 Å². The van der Waals surface area contributed by atoms with Crippen molar-refractivity contribution < 1.29 is 0 Å². The average molecular weight is 212 g/mol. The molecule has 0 bridgehead atoms. The molecule has 0 aliphatic rings. The second-order valence-corrected chi connectivity index (χ2v) is 5.67. The fraction of sp³-hybridized carbons (Fsp3) is 0.727. The Morgan fingerprint density at radius 3 is 2.64 bits per heavy atom. The van der Waals surface area contributed by atoms with Crippen molar-refractivity contribution >= 4 is 11.3 Å². The van der Waals surface area contributed by atoms with Gasteiger partial charge in [0.1, 0.15) is 0 Å². The van der Waals surface area contributed by atoms with E-state index in [0.29, 0.717) is 0 Å². The lowest BCUT2D eigenvalue weighted by atomic mass is 9.98. The smallest absolute Gasteiger partial charge is 0.0981 e. The standard InChI is InChI=1S/C11H20N2S/c1-5-6-12-7-9-8-13-10(14-9)11(2,3)4/h8,12H,5-7H2,1-4H3. The van der Waals surface area contributed by atoms with Crippen LogP contribution < -0.4 is 5.32 Å². The summed E-state index contributed by atoms with van der Waals surface area (Å²) in [7, 11) is 0. The number of aromatic nitrogens is 1. The lowest BCUT2D eigenvalue weighted by Gasteiger charge is -2.13. The van der Waals surface area contributed by atoms with Gasteiger partial charge in [-0.15, -0.1) is 11.3 Å². The summed E-state index contributed by atoms with van der Waals surface area (Å²) >= 11 is 1.82. The van der Waals surface area contributed by atoms with Crippen LogP contribution in [0.15, 0.2) is 6.20 Å². The first kappa shape index (κ1) is 11.7. The summed E-state index contributed by atoms with van der Waals surface area (Å²) in [6, 6.07) is 0. The van der Waals surface area contributed by atoms with E-state index in [1.54, 1.807) is 0 Å². The van der Waals surface area contributed by atoms with Crippen molar-refractivity contribution in [3.63, 3.8) is 0 Å². The van der Waals surface area contributed by atoms with Gasteiger partial charge in [0.05, 0.1) is 5.01 Å². The van der Waals surface area contributed by atoms with Crippen LogP contribution in [-0.2, 0) is 12.0 Å². The molecule has 80 valence electrons. The molecule has 0 saturated carbocycles. The Bertz CT molecular complexity index is 273. The third kappa shape index (κ3) is 3.39. The second-order valence-electron chi connectivity index (χ2n) is 4.56. The maximum atomic E-state index is 4.44. The minimum absolute atomic E-state index is 0.188. The summed E-state index contributed by atoms with van der Waals surface area (Å²) in [4.78, 5) is 5.78. The highest BCUT2D eigenvalue weighted by atomic mass is 32.1. The Morgan fingerprint density at radius 2 is 2.14 bits per heavy atom. The highest BCUT2D eigenvalue weighted by Crippen LogP contribution is 2.26. The van der Waals surface area contributed by atoms with Gasteiger partial charge in [-0.2, -0.15) is 0 Å². The summed E-state index contributed by atoms with van der Waals surface area (Å²) in [5.41, 5.74) is 0.188. The van der Waals surface area contributed by atoms with Gasteiger partial charge in [0.2, 0.25) is 0 Å². The van der Waals surface area contributed by atoms with Crippen LogP contribution in [0.4, 0.5) is 0 Å². The highest BCUT2D eigenvalue weighted by molar-refractivity contribution is 7.11. The van der Waals surface area contributed by atoms with Crippen LogP contribution in [0.25, 0.3) is 0 Å². The van der Waals surface area contributed by atoms with Gasteiger partial charge in [-0.05, 0) is 13.0 Å². The van der Waals surface area contributed by atoms with E-state index >= 15 is 0 Å². The molecule has 1 aromatic heterocycles. The van der Waals surface area contributed by atoms with Crippen LogP contribution in [0.3, 0.4) is 0 Å². The van der Waals surface area contributed by atoms with Crippen molar-refractivity contribution in [2.45, 2.75) is 46.1 Å². The third-order valence-electron chi connectivity index (χ3n) is 1.92. The molecule has 0 amide bonds. The monoisotopic (exact) mass is 212 g/mol. The number of nitrogens with one attached hydrogen (secondary N) is 1. The van der Waals surface area contributed by atoms with Gasteiger partial charge in [0.25, 0.3) is 0 Å². The second kappa shape index (κ2) is 4.89. The van der Waals surface area contributed by atoms with E-state index in [9.17, 15) is 0 Å². The molecule has 0 saturated heterocycles. The maximum absolute atomic E-state index is 4.44. The van der Waals surface area contributed by atoms with Gasteiger partial charge < -0.3 is 5.32 Å². The van der Waals surface area contributed by atoms with Crippen molar-refractivity contribution in [3.8, 4) is 0 Å². The predicted molar refractivity (Wildman–Crippen MR) is 62.8 cm³/mol. The van der Waals surface area contributed by atoms with E-state index in [1.165, 1.54) is 16.3 Å². The highest BCUT2D eigenvalue weighted by Gasteiger charge is 2.17. The molecule has 1 heterocycles. The molecule has 0 aliphatic carbocycles.